The maximum absolute atomic E-state index is 4.72. The SMILES string of the molecule is [C-]1=CC=CC1.[C-]1=CC=CC1.[CH2-][Si](c1ccccc1)(c1ccccc1)c1ccccc1.[Zr+3]. The molecule has 0 atom stereocenters. The Labute approximate surface area is 207 Å². The van der Waals surface area contributed by atoms with Crippen LogP contribution in [0.15, 0.2) is 127 Å². The van der Waals surface area contributed by atoms with E-state index in [1.165, 1.54) is 15.6 Å². The Morgan fingerprint density at radius 3 is 1.06 bits per heavy atom. The molecule has 3 aromatic carbocycles. The van der Waals surface area contributed by atoms with Gasteiger partial charge in [0, 0.05) is 8.07 Å². The van der Waals surface area contributed by atoms with E-state index in [1.54, 1.807) is 0 Å². The van der Waals surface area contributed by atoms with Crippen molar-refractivity contribution in [1.29, 1.82) is 0 Å². The molecule has 5 rings (SSSR count). The fraction of sp³-hybridized carbons (Fsp3) is 0.0690. The molecular weight excluding hydrogens is 468 g/mol. The van der Waals surface area contributed by atoms with Gasteiger partial charge in [-0.15, -0.1) is 12.8 Å². The first-order valence-corrected chi connectivity index (χ1v) is 12.5. The number of hydrogen-bond donors (Lipinski definition) is 0. The Kier molecular flexibility index (Phi) is 11.2. The number of rotatable bonds is 3. The van der Waals surface area contributed by atoms with E-state index in [0.29, 0.717) is 0 Å². The van der Waals surface area contributed by atoms with Crippen molar-refractivity contribution >= 4 is 23.6 Å². The molecule has 0 fully saturated rings. The minimum atomic E-state index is -2.13. The Balaban J connectivity index is 0.000000254. The van der Waals surface area contributed by atoms with Crippen LogP contribution in [0.4, 0.5) is 0 Å². The van der Waals surface area contributed by atoms with E-state index in [-0.39, 0.29) is 26.2 Å². The van der Waals surface area contributed by atoms with Crippen molar-refractivity contribution in [2.24, 2.45) is 0 Å². The van der Waals surface area contributed by atoms with Gasteiger partial charge in [0.15, 0.2) is 0 Å². The molecule has 0 N–H and O–H groups in total. The fourth-order valence-corrected chi connectivity index (χ4v) is 6.63. The van der Waals surface area contributed by atoms with Crippen LogP contribution in [0.2, 0.25) is 0 Å². The number of hydrogen-bond acceptors (Lipinski definition) is 0. The van der Waals surface area contributed by atoms with Crippen LogP contribution in [0.1, 0.15) is 12.8 Å². The molecule has 2 aliphatic rings. The van der Waals surface area contributed by atoms with Crippen LogP contribution in [-0.2, 0) is 26.2 Å². The van der Waals surface area contributed by atoms with Gasteiger partial charge in [-0.2, -0.15) is 12.2 Å². The van der Waals surface area contributed by atoms with E-state index in [1.807, 2.05) is 24.3 Å². The predicted octanol–water partition coefficient (Wildman–Crippen LogP) is 5.14. The monoisotopic (exact) mass is 493 g/mol. The third-order valence-corrected chi connectivity index (χ3v) is 8.93. The predicted molar refractivity (Wildman–Crippen MR) is 132 cm³/mol. The summed E-state index contributed by atoms with van der Waals surface area (Å²) >= 11 is 0. The van der Waals surface area contributed by atoms with Gasteiger partial charge < -0.3 is 6.55 Å². The first-order chi connectivity index (χ1) is 14.8. The van der Waals surface area contributed by atoms with E-state index in [4.69, 9.17) is 6.55 Å². The molecule has 0 spiro atoms. The van der Waals surface area contributed by atoms with E-state index in [9.17, 15) is 0 Å². The first kappa shape index (κ1) is 25.0. The first-order valence-electron chi connectivity index (χ1n) is 10.3. The molecule has 0 saturated heterocycles. The fourth-order valence-electron chi connectivity index (χ4n) is 3.35. The summed E-state index contributed by atoms with van der Waals surface area (Å²) in [5.74, 6) is 0. The van der Waals surface area contributed by atoms with Gasteiger partial charge in [0.25, 0.3) is 0 Å². The number of benzene rings is 3. The van der Waals surface area contributed by atoms with Crippen molar-refractivity contribution in [2.45, 2.75) is 12.8 Å². The summed E-state index contributed by atoms with van der Waals surface area (Å²) in [6.07, 6.45) is 20.0. The molecule has 0 aliphatic heterocycles. The minimum absolute atomic E-state index is 0. The zero-order valence-corrected chi connectivity index (χ0v) is 21.2. The molecule has 0 aromatic heterocycles. The molecule has 2 heteroatoms. The van der Waals surface area contributed by atoms with Gasteiger partial charge in [-0.05, 0) is 0 Å². The van der Waals surface area contributed by atoms with E-state index < -0.39 is 8.07 Å². The standard InChI is InChI=1S/C19H17Si.2C5H5.Zr/c1-20(17-11-5-2-6-12-17,18-13-7-3-8-14-18)19-15-9-4-10-16-19;2*1-2-4-5-3-1;/h2-16H,1H2;2*1-3H,4H2;/q3*-1;+3. The smallest absolute Gasteiger partial charge is 0.329 e. The molecule has 0 bridgehead atoms. The van der Waals surface area contributed by atoms with E-state index in [2.05, 4.69) is 115 Å². The van der Waals surface area contributed by atoms with Crippen LogP contribution in [0.25, 0.3) is 0 Å². The third kappa shape index (κ3) is 7.42. The number of allylic oxidation sites excluding steroid dienone is 8. The maximum Gasteiger partial charge on any atom is 3.00 e. The zero-order valence-electron chi connectivity index (χ0n) is 17.7. The van der Waals surface area contributed by atoms with Crippen molar-refractivity contribution in [1.82, 2.24) is 0 Å². The Morgan fingerprint density at radius 2 is 0.871 bits per heavy atom. The van der Waals surface area contributed by atoms with Gasteiger partial charge in [0.05, 0.1) is 0 Å². The second kappa shape index (κ2) is 13.9. The molecule has 2 aliphatic carbocycles. The minimum Gasteiger partial charge on any atom is -0.329 e. The van der Waals surface area contributed by atoms with E-state index >= 15 is 0 Å². The molecule has 0 saturated carbocycles. The summed E-state index contributed by atoms with van der Waals surface area (Å²) in [5.41, 5.74) is 0. The molecule has 0 nitrogen and oxygen atoms in total. The molecule has 0 heterocycles. The Hall–Kier alpha value is -2.28. The summed E-state index contributed by atoms with van der Waals surface area (Å²) in [4.78, 5) is 0. The van der Waals surface area contributed by atoms with Crippen LogP contribution in [0.5, 0.6) is 0 Å². The van der Waals surface area contributed by atoms with Crippen molar-refractivity contribution in [2.75, 3.05) is 0 Å². The van der Waals surface area contributed by atoms with Crippen molar-refractivity contribution in [3.05, 3.63) is 146 Å². The normalized spacial score (nSPS) is 12.9. The van der Waals surface area contributed by atoms with Gasteiger partial charge in [-0.1, -0.05) is 107 Å². The van der Waals surface area contributed by atoms with Crippen LogP contribution >= 0.6 is 0 Å². The topological polar surface area (TPSA) is 0 Å². The van der Waals surface area contributed by atoms with Gasteiger partial charge in [-0.3, -0.25) is 12.2 Å². The Morgan fingerprint density at radius 1 is 0.548 bits per heavy atom. The molecule has 3 aromatic rings. The van der Waals surface area contributed by atoms with E-state index in [0.717, 1.165) is 12.8 Å². The van der Waals surface area contributed by atoms with Crippen molar-refractivity contribution in [3.63, 3.8) is 0 Å². The van der Waals surface area contributed by atoms with Crippen molar-refractivity contribution < 1.29 is 26.2 Å². The molecule has 0 amide bonds. The summed E-state index contributed by atoms with van der Waals surface area (Å²) in [5, 5.41) is 4.03. The molecule has 31 heavy (non-hydrogen) atoms. The second-order valence-corrected chi connectivity index (χ2v) is 10.6. The van der Waals surface area contributed by atoms with Gasteiger partial charge in [-0.25, -0.2) is 24.3 Å². The molecule has 0 unspecified atom stereocenters. The molecule has 151 valence electrons. The third-order valence-electron chi connectivity index (χ3n) is 4.97. The zero-order chi connectivity index (χ0) is 20.9. The Bertz CT molecular complexity index is 848. The average Bonchev–Trinajstić information content (AvgIpc) is 3.60. The van der Waals surface area contributed by atoms with Crippen LogP contribution in [0, 0.1) is 18.7 Å². The van der Waals surface area contributed by atoms with Gasteiger partial charge >= 0.3 is 26.2 Å². The average molecular weight is 495 g/mol. The van der Waals surface area contributed by atoms with Gasteiger partial charge in [0.1, 0.15) is 0 Å². The van der Waals surface area contributed by atoms with Gasteiger partial charge in [0.2, 0.25) is 0 Å². The van der Waals surface area contributed by atoms with Crippen LogP contribution in [-0.4, -0.2) is 8.07 Å². The summed E-state index contributed by atoms with van der Waals surface area (Å²) in [6, 6.07) is 32.1. The quantitative estimate of drug-likeness (QED) is 0.269. The largest absolute Gasteiger partial charge is 3.00 e. The molecule has 1 radical (unpaired) electrons. The van der Waals surface area contributed by atoms with Crippen LogP contribution in [0.3, 0.4) is 0 Å². The molecular formula is C29H27SiZr. The maximum atomic E-state index is 4.72. The van der Waals surface area contributed by atoms with Crippen LogP contribution < -0.4 is 15.6 Å². The summed E-state index contributed by atoms with van der Waals surface area (Å²) in [7, 11) is -2.13. The summed E-state index contributed by atoms with van der Waals surface area (Å²) in [6.45, 7) is 4.72. The van der Waals surface area contributed by atoms with Crippen molar-refractivity contribution in [3.8, 4) is 0 Å². The summed E-state index contributed by atoms with van der Waals surface area (Å²) < 4.78 is 0. The second-order valence-electron chi connectivity index (χ2n) is 7.01.